The first-order chi connectivity index (χ1) is 2.41. The van der Waals surface area contributed by atoms with E-state index < -0.39 is 0 Å². The highest BCUT2D eigenvalue weighted by Crippen LogP contribution is 1.56. The molecule has 0 aliphatic rings. The molecule has 0 aromatic rings. The van der Waals surface area contributed by atoms with Gasteiger partial charge in [-0.25, -0.2) is 0 Å². The van der Waals surface area contributed by atoms with Gasteiger partial charge in [-0.2, -0.15) is 0 Å². The maximum atomic E-state index is 7.94. The molecule has 0 rings (SSSR count). The van der Waals surface area contributed by atoms with Crippen LogP contribution >= 0.6 is 0 Å². The first kappa shape index (κ1) is 9.30. The minimum Gasteiger partial charge on any atom is -0.394 e. The fraction of sp³-hybridized carbons (Fsp3) is 1.00. The van der Waals surface area contributed by atoms with Crippen LogP contribution in [0.15, 0.2) is 0 Å². The molecule has 0 heterocycles. The van der Waals surface area contributed by atoms with E-state index in [1.54, 1.807) is 7.11 Å². The van der Waals surface area contributed by atoms with E-state index in [4.69, 9.17) is 5.11 Å². The fourth-order valence-electron chi connectivity index (χ4n) is 0.0913. The van der Waals surface area contributed by atoms with Gasteiger partial charge in [0.25, 0.3) is 0 Å². The predicted molar refractivity (Wildman–Crippen MR) is 24.0 cm³/mol. The van der Waals surface area contributed by atoms with Crippen LogP contribution in [0, 0.1) is 0 Å². The van der Waals surface area contributed by atoms with Crippen LogP contribution in [0.5, 0.6) is 0 Å². The van der Waals surface area contributed by atoms with Crippen molar-refractivity contribution in [1.82, 2.24) is 6.15 Å². The molecule has 0 bridgehead atoms. The van der Waals surface area contributed by atoms with E-state index in [1.165, 1.54) is 0 Å². The van der Waals surface area contributed by atoms with Gasteiger partial charge in [0.1, 0.15) is 0 Å². The van der Waals surface area contributed by atoms with Crippen LogP contribution in [0.1, 0.15) is 0 Å². The summed E-state index contributed by atoms with van der Waals surface area (Å²) in [7, 11) is 1.55. The van der Waals surface area contributed by atoms with Crippen molar-refractivity contribution in [3.8, 4) is 0 Å². The van der Waals surface area contributed by atoms with Crippen molar-refractivity contribution in [2.75, 3.05) is 20.3 Å². The van der Waals surface area contributed by atoms with Crippen molar-refractivity contribution in [2.24, 2.45) is 0 Å². The van der Waals surface area contributed by atoms with Crippen molar-refractivity contribution in [1.29, 1.82) is 0 Å². The number of rotatable bonds is 2. The number of hydrogen-bond acceptors (Lipinski definition) is 3. The molecule has 0 aliphatic heterocycles. The predicted octanol–water partition coefficient (Wildman–Crippen LogP) is -0.213. The molecule has 0 saturated carbocycles. The van der Waals surface area contributed by atoms with Gasteiger partial charge in [0.2, 0.25) is 0 Å². The average molecular weight is 93.1 g/mol. The largest absolute Gasteiger partial charge is 0.394 e. The molecule has 0 aliphatic carbocycles. The van der Waals surface area contributed by atoms with E-state index in [2.05, 4.69) is 4.74 Å². The zero-order valence-corrected chi connectivity index (χ0v) is 3.98. The van der Waals surface area contributed by atoms with Gasteiger partial charge in [0.15, 0.2) is 0 Å². The molecule has 0 amide bonds. The molecule has 3 nitrogen and oxygen atoms in total. The molecule has 0 aromatic heterocycles. The quantitative estimate of drug-likeness (QED) is 0.496. The van der Waals surface area contributed by atoms with E-state index >= 15 is 0 Å². The average Bonchev–Trinajstić information content (AvgIpc) is 1.41. The van der Waals surface area contributed by atoms with Gasteiger partial charge in [-0.15, -0.1) is 0 Å². The lowest BCUT2D eigenvalue weighted by Gasteiger charge is -1.84. The van der Waals surface area contributed by atoms with Crippen molar-refractivity contribution < 1.29 is 9.84 Å². The molecule has 0 saturated heterocycles. The minimum absolute atomic E-state index is 0. The second-order valence-electron chi connectivity index (χ2n) is 0.716. The van der Waals surface area contributed by atoms with Gasteiger partial charge in [-0.05, 0) is 0 Å². The highest BCUT2D eigenvalue weighted by molar-refractivity contribution is 4.12. The number of aliphatic hydroxyl groups is 1. The maximum absolute atomic E-state index is 7.94. The zero-order chi connectivity index (χ0) is 4.12. The zero-order valence-electron chi connectivity index (χ0n) is 3.98. The summed E-state index contributed by atoms with van der Waals surface area (Å²) in [5.74, 6) is 0. The van der Waals surface area contributed by atoms with Gasteiger partial charge in [0.05, 0.1) is 13.2 Å². The van der Waals surface area contributed by atoms with Gasteiger partial charge in [0, 0.05) is 7.11 Å². The van der Waals surface area contributed by atoms with Crippen molar-refractivity contribution in [3.05, 3.63) is 0 Å². The van der Waals surface area contributed by atoms with E-state index in [1.807, 2.05) is 0 Å². The summed E-state index contributed by atoms with van der Waals surface area (Å²) in [5.41, 5.74) is 0. The topological polar surface area (TPSA) is 64.5 Å². The Hall–Kier alpha value is -0.120. The Kier molecular flexibility index (Phi) is 13.7. The summed E-state index contributed by atoms with van der Waals surface area (Å²) in [5, 5.41) is 7.94. The summed E-state index contributed by atoms with van der Waals surface area (Å²) in [4.78, 5) is 0. The van der Waals surface area contributed by atoms with Crippen LogP contribution in [-0.4, -0.2) is 25.4 Å². The Balaban J connectivity index is 0. The van der Waals surface area contributed by atoms with Crippen molar-refractivity contribution in [3.63, 3.8) is 0 Å². The van der Waals surface area contributed by atoms with Crippen LogP contribution in [-0.2, 0) is 4.74 Å². The standard InChI is InChI=1S/C3H8O2.H3N/c1-5-3-2-4;/h4H,2-3H2,1H3;1H3. The highest BCUT2D eigenvalue weighted by atomic mass is 16.5. The van der Waals surface area contributed by atoms with E-state index in [9.17, 15) is 0 Å². The lowest BCUT2D eigenvalue weighted by Crippen LogP contribution is -1.91. The SMILES string of the molecule is COCCO.N. The van der Waals surface area contributed by atoms with Gasteiger partial charge >= 0.3 is 0 Å². The van der Waals surface area contributed by atoms with Crippen LogP contribution in [0.2, 0.25) is 0 Å². The van der Waals surface area contributed by atoms with Crippen LogP contribution in [0.25, 0.3) is 0 Å². The first-order valence-electron chi connectivity index (χ1n) is 1.51. The van der Waals surface area contributed by atoms with Gasteiger partial charge in [-0.1, -0.05) is 0 Å². The number of methoxy groups -OCH3 is 1. The summed E-state index contributed by atoms with van der Waals surface area (Å²) in [6, 6.07) is 0. The Morgan fingerprint density at radius 3 is 2.17 bits per heavy atom. The number of hydrogen-bond donors (Lipinski definition) is 2. The Morgan fingerprint density at radius 1 is 1.67 bits per heavy atom. The van der Waals surface area contributed by atoms with Crippen molar-refractivity contribution in [2.45, 2.75) is 0 Å². The molecule has 0 fully saturated rings. The molecule has 0 aromatic carbocycles. The number of ether oxygens (including phenoxy) is 1. The molecule has 3 heteroatoms. The molecule has 0 spiro atoms. The third kappa shape index (κ3) is 9.11. The monoisotopic (exact) mass is 93.1 g/mol. The fourth-order valence-corrected chi connectivity index (χ4v) is 0.0913. The smallest absolute Gasteiger partial charge is 0.0693 e. The summed E-state index contributed by atoms with van der Waals surface area (Å²) < 4.78 is 4.44. The summed E-state index contributed by atoms with van der Waals surface area (Å²) in [6.07, 6.45) is 0. The third-order valence-electron chi connectivity index (χ3n) is 0.295. The van der Waals surface area contributed by atoms with E-state index in [-0.39, 0.29) is 12.8 Å². The second-order valence-corrected chi connectivity index (χ2v) is 0.716. The van der Waals surface area contributed by atoms with Crippen LogP contribution in [0.3, 0.4) is 0 Å². The molecular formula is C3H11NO2. The van der Waals surface area contributed by atoms with E-state index in [0.29, 0.717) is 6.61 Å². The third-order valence-corrected chi connectivity index (χ3v) is 0.295. The Labute approximate surface area is 37.5 Å². The van der Waals surface area contributed by atoms with E-state index in [0.717, 1.165) is 0 Å². The lowest BCUT2D eigenvalue weighted by molar-refractivity contribution is 0.135. The molecule has 0 atom stereocenters. The Morgan fingerprint density at radius 2 is 2.17 bits per heavy atom. The molecule has 0 radical (unpaired) electrons. The van der Waals surface area contributed by atoms with Gasteiger partial charge < -0.3 is 16.0 Å². The second kappa shape index (κ2) is 8.86. The molecular weight excluding hydrogens is 82.0 g/mol. The molecule has 4 N–H and O–H groups in total. The summed E-state index contributed by atoms with van der Waals surface area (Å²) in [6.45, 7) is 0.566. The molecule has 6 heavy (non-hydrogen) atoms. The van der Waals surface area contributed by atoms with Gasteiger partial charge in [-0.3, -0.25) is 0 Å². The van der Waals surface area contributed by atoms with Crippen LogP contribution in [0.4, 0.5) is 0 Å². The molecule has 0 unspecified atom stereocenters. The maximum Gasteiger partial charge on any atom is 0.0693 e. The number of aliphatic hydroxyl groups excluding tert-OH is 1. The minimum atomic E-state index is 0. The Bertz CT molecular complexity index is 16.3. The van der Waals surface area contributed by atoms with Crippen molar-refractivity contribution >= 4 is 0 Å². The first-order valence-corrected chi connectivity index (χ1v) is 1.51. The van der Waals surface area contributed by atoms with Crippen LogP contribution < -0.4 is 6.15 Å². The normalized spacial score (nSPS) is 7.00. The molecule has 40 valence electrons. The summed E-state index contributed by atoms with van der Waals surface area (Å²) >= 11 is 0. The highest BCUT2D eigenvalue weighted by Gasteiger charge is 1.67. The lowest BCUT2D eigenvalue weighted by atomic mass is 10.8.